The van der Waals surface area contributed by atoms with E-state index < -0.39 is 0 Å². The summed E-state index contributed by atoms with van der Waals surface area (Å²) < 4.78 is 0. The summed E-state index contributed by atoms with van der Waals surface area (Å²) in [6, 6.07) is 0.477. The van der Waals surface area contributed by atoms with Gasteiger partial charge in [0.25, 0.3) is 0 Å². The number of carbonyl (C=O) groups excluding carboxylic acids is 1. The second-order valence-electron chi connectivity index (χ2n) is 5.06. The number of hydrogen-bond donors (Lipinski definition) is 1. The van der Waals surface area contributed by atoms with Crippen molar-refractivity contribution in [3.8, 4) is 0 Å². The van der Waals surface area contributed by atoms with Crippen LogP contribution in [0.25, 0.3) is 0 Å². The molecule has 2 unspecified atom stereocenters. The van der Waals surface area contributed by atoms with Crippen LogP contribution in [0, 0.1) is 5.92 Å². The van der Waals surface area contributed by atoms with E-state index in [9.17, 15) is 4.79 Å². The first-order valence-corrected chi connectivity index (χ1v) is 6.02. The standard InChI is InChI=1S/C11H19N3O/c1-8-12-6-11(15)14(8)10-7-13-4-2-9(10)3-5-13/h8-10,12H,2-7H2,1H3. The van der Waals surface area contributed by atoms with E-state index in [0.29, 0.717) is 18.5 Å². The summed E-state index contributed by atoms with van der Waals surface area (Å²) in [4.78, 5) is 16.4. The summed E-state index contributed by atoms with van der Waals surface area (Å²) in [5, 5.41) is 3.23. The zero-order chi connectivity index (χ0) is 10.4. The van der Waals surface area contributed by atoms with Crippen molar-refractivity contribution in [2.24, 2.45) is 5.92 Å². The van der Waals surface area contributed by atoms with Crippen LogP contribution in [-0.4, -0.2) is 54.1 Å². The molecule has 4 rings (SSSR count). The van der Waals surface area contributed by atoms with Gasteiger partial charge in [0.05, 0.1) is 12.7 Å². The molecule has 4 heterocycles. The average Bonchev–Trinajstić information content (AvgIpc) is 2.60. The molecule has 84 valence electrons. The zero-order valence-electron chi connectivity index (χ0n) is 9.28. The minimum absolute atomic E-state index is 0.239. The van der Waals surface area contributed by atoms with Crippen LogP contribution < -0.4 is 5.32 Å². The third kappa shape index (κ3) is 1.47. The van der Waals surface area contributed by atoms with Gasteiger partial charge < -0.3 is 9.80 Å². The highest BCUT2D eigenvalue weighted by Gasteiger charge is 2.42. The summed E-state index contributed by atoms with van der Waals surface area (Å²) in [6.07, 6.45) is 2.80. The second-order valence-corrected chi connectivity index (χ2v) is 5.06. The maximum atomic E-state index is 11.8. The molecule has 4 nitrogen and oxygen atoms in total. The number of nitrogens with one attached hydrogen (secondary N) is 1. The lowest BCUT2D eigenvalue weighted by Crippen LogP contribution is -2.59. The maximum Gasteiger partial charge on any atom is 0.238 e. The zero-order valence-corrected chi connectivity index (χ0v) is 9.28. The molecular weight excluding hydrogens is 190 g/mol. The highest BCUT2D eigenvalue weighted by molar-refractivity contribution is 5.81. The van der Waals surface area contributed by atoms with E-state index in [1.165, 1.54) is 25.9 Å². The molecule has 0 aromatic heterocycles. The summed E-state index contributed by atoms with van der Waals surface area (Å²) in [6.45, 7) is 6.21. The fourth-order valence-electron chi connectivity index (χ4n) is 3.36. The van der Waals surface area contributed by atoms with Crippen LogP contribution >= 0.6 is 0 Å². The van der Waals surface area contributed by atoms with Gasteiger partial charge in [0.1, 0.15) is 0 Å². The lowest BCUT2D eigenvalue weighted by atomic mass is 9.83. The Hall–Kier alpha value is -0.610. The number of rotatable bonds is 1. The first kappa shape index (κ1) is 9.60. The van der Waals surface area contributed by atoms with Gasteiger partial charge in [0.2, 0.25) is 5.91 Å². The maximum absolute atomic E-state index is 11.8. The van der Waals surface area contributed by atoms with E-state index in [0.717, 1.165) is 12.5 Å². The molecule has 4 heteroatoms. The average molecular weight is 209 g/mol. The Morgan fingerprint density at radius 1 is 1.33 bits per heavy atom. The normalized spacial score (nSPS) is 45.1. The molecule has 0 aliphatic carbocycles. The van der Waals surface area contributed by atoms with Gasteiger partial charge in [-0.25, -0.2) is 0 Å². The lowest BCUT2D eigenvalue weighted by Gasteiger charge is -2.49. The van der Waals surface area contributed by atoms with E-state index in [1.54, 1.807) is 0 Å². The molecule has 4 aliphatic rings. The van der Waals surface area contributed by atoms with Crippen molar-refractivity contribution < 1.29 is 4.79 Å². The van der Waals surface area contributed by atoms with Crippen LogP contribution in [0.3, 0.4) is 0 Å². The molecule has 1 N–H and O–H groups in total. The lowest BCUT2D eigenvalue weighted by molar-refractivity contribution is -0.134. The van der Waals surface area contributed by atoms with Gasteiger partial charge in [-0.3, -0.25) is 10.1 Å². The molecule has 4 fully saturated rings. The molecule has 1 amide bonds. The monoisotopic (exact) mass is 209 g/mol. The predicted molar refractivity (Wildman–Crippen MR) is 57.3 cm³/mol. The Labute approximate surface area is 90.6 Å². The quantitative estimate of drug-likeness (QED) is 0.653. The van der Waals surface area contributed by atoms with Crippen molar-refractivity contribution in [3.05, 3.63) is 0 Å². The highest BCUT2D eigenvalue weighted by Crippen LogP contribution is 2.32. The molecule has 2 bridgehead atoms. The van der Waals surface area contributed by atoms with Crippen LogP contribution in [0.1, 0.15) is 19.8 Å². The summed E-state index contributed by atoms with van der Waals surface area (Å²) in [5.74, 6) is 1.04. The van der Waals surface area contributed by atoms with Crippen molar-refractivity contribution in [3.63, 3.8) is 0 Å². The van der Waals surface area contributed by atoms with Gasteiger partial charge in [-0.05, 0) is 38.8 Å². The number of hydrogen-bond acceptors (Lipinski definition) is 3. The van der Waals surface area contributed by atoms with Crippen molar-refractivity contribution in [2.75, 3.05) is 26.2 Å². The molecule has 0 radical (unpaired) electrons. The molecule has 15 heavy (non-hydrogen) atoms. The van der Waals surface area contributed by atoms with Gasteiger partial charge in [0.15, 0.2) is 0 Å². The molecule has 4 aliphatic heterocycles. The third-order valence-corrected chi connectivity index (χ3v) is 4.23. The molecule has 2 atom stereocenters. The van der Waals surface area contributed by atoms with Gasteiger partial charge in [-0.2, -0.15) is 0 Å². The van der Waals surface area contributed by atoms with E-state index in [4.69, 9.17) is 0 Å². The van der Waals surface area contributed by atoms with Crippen molar-refractivity contribution in [2.45, 2.75) is 32.0 Å². The number of carbonyl (C=O) groups is 1. The van der Waals surface area contributed by atoms with E-state index in [1.807, 2.05) is 0 Å². The predicted octanol–water partition coefficient (Wildman–Crippen LogP) is -0.142. The number of amides is 1. The fourth-order valence-corrected chi connectivity index (χ4v) is 3.36. The van der Waals surface area contributed by atoms with Crippen molar-refractivity contribution >= 4 is 5.91 Å². The van der Waals surface area contributed by atoms with Crippen LogP contribution in [-0.2, 0) is 4.79 Å². The molecule has 0 aromatic rings. The second kappa shape index (κ2) is 3.46. The van der Waals surface area contributed by atoms with Gasteiger partial charge >= 0.3 is 0 Å². The number of nitrogens with zero attached hydrogens (tertiary/aromatic N) is 2. The molecular formula is C11H19N3O. The number of fused-ring (bicyclic) bond motifs is 3. The third-order valence-electron chi connectivity index (χ3n) is 4.23. The minimum Gasteiger partial charge on any atom is -0.322 e. The van der Waals surface area contributed by atoms with E-state index in [-0.39, 0.29) is 6.17 Å². The van der Waals surface area contributed by atoms with E-state index >= 15 is 0 Å². The van der Waals surface area contributed by atoms with Crippen LogP contribution in [0.5, 0.6) is 0 Å². The van der Waals surface area contributed by atoms with Crippen molar-refractivity contribution in [1.82, 2.24) is 15.1 Å². The van der Waals surface area contributed by atoms with Gasteiger partial charge in [0, 0.05) is 12.6 Å². The summed E-state index contributed by atoms with van der Waals surface area (Å²) in [5.41, 5.74) is 0. The van der Waals surface area contributed by atoms with Crippen molar-refractivity contribution in [1.29, 1.82) is 0 Å². The minimum atomic E-state index is 0.239. The topological polar surface area (TPSA) is 35.6 Å². The molecule has 0 saturated carbocycles. The Morgan fingerprint density at radius 2 is 2.07 bits per heavy atom. The Bertz CT molecular complexity index is 273. The first-order valence-electron chi connectivity index (χ1n) is 6.02. The smallest absolute Gasteiger partial charge is 0.238 e. The summed E-state index contributed by atoms with van der Waals surface area (Å²) >= 11 is 0. The highest BCUT2D eigenvalue weighted by atomic mass is 16.2. The Balaban J connectivity index is 1.79. The number of piperidine rings is 3. The molecule has 4 saturated heterocycles. The first-order chi connectivity index (χ1) is 7.25. The summed E-state index contributed by atoms with van der Waals surface area (Å²) in [7, 11) is 0. The Kier molecular flexibility index (Phi) is 2.21. The molecule has 0 spiro atoms. The van der Waals surface area contributed by atoms with Crippen LogP contribution in [0.15, 0.2) is 0 Å². The largest absolute Gasteiger partial charge is 0.322 e. The van der Waals surface area contributed by atoms with Crippen LogP contribution in [0.2, 0.25) is 0 Å². The Morgan fingerprint density at radius 3 is 2.53 bits per heavy atom. The van der Waals surface area contributed by atoms with E-state index in [2.05, 4.69) is 22.0 Å². The SMILES string of the molecule is CC1NCC(=O)N1C1CN2CCC1CC2. The van der Waals surface area contributed by atoms with Crippen LogP contribution in [0.4, 0.5) is 0 Å². The van der Waals surface area contributed by atoms with Gasteiger partial charge in [-0.15, -0.1) is 0 Å². The van der Waals surface area contributed by atoms with Gasteiger partial charge in [-0.1, -0.05) is 0 Å². The fraction of sp³-hybridized carbons (Fsp3) is 0.909. The molecule has 0 aromatic carbocycles.